The van der Waals surface area contributed by atoms with Crippen molar-refractivity contribution in [3.05, 3.63) is 84.0 Å². The number of hydrogen-bond donors (Lipinski definition) is 0. The number of benzene rings is 2. The fourth-order valence-electron chi connectivity index (χ4n) is 3.43. The molecule has 0 fully saturated rings. The third-order valence-electron chi connectivity index (χ3n) is 4.38. The van der Waals surface area contributed by atoms with Crippen LogP contribution in [0.1, 0.15) is 14.8 Å². The van der Waals surface area contributed by atoms with E-state index in [2.05, 4.69) is 72.8 Å². The standard InChI is InChI=1S/C13H9.C5H5.CH2.Hf/c1-3-7-12-10(5-1)9-11-6-2-4-8-13(11)12;1-2-4-5-3-1;;/h1-9H;1-5H;1H2;. The molecule has 0 aromatic heterocycles. The first-order chi connectivity index (χ1) is 9.86. The van der Waals surface area contributed by atoms with Gasteiger partial charge in [0.25, 0.3) is 0 Å². The van der Waals surface area contributed by atoms with Crippen LogP contribution in [0.25, 0.3) is 11.1 Å². The van der Waals surface area contributed by atoms with E-state index in [4.69, 9.17) is 4.26 Å². The summed E-state index contributed by atoms with van der Waals surface area (Å²) in [4.78, 5) is 0. The fourth-order valence-corrected chi connectivity index (χ4v) is 12.1. The Bertz CT molecular complexity index is 694. The molecule has 0 atom stereocenters. The second-order valence-electron chi connectivity index (χ2n) is 5.48. The van der Waals surface area contributed by atoms with Gasteiger partial charge in [-0.25, -0.2) is 0 Å². The molecule has 0 amide bonds. The summed E-state index contributed by atoms with van der Waals surface area (Å²) >= 11 is -2.03. The minimum absolute atomic E-state index is 0.616. The molecule has 2 aromatic rings. The van der Waals surface area contributed by atoms with E-state index in [1.165, 1.54) is 22.3 Å². The van der Waals surface area contributed by atoms with E-state index in [0.717, 1.165) is 0 Å². The van der Waals surface area contributed by atoms with Gasteiger partial charge in [-0.15, -0.1) is 0 Å². The van der Waals surface area contributed by atoms with Gasteiger partial charge < -0.3 is 0 Å². The van der Waals surface area contributed by atoms with Gasteiger partial charge in [-0.05, 0) is 0 Å². The summed E-state index contributed by atoms with van der Waals surface area (Å²) < 4.78 is 5.98. The van der Waals surface area contributed by atoms with Crippen molar-refractivity contribution in [1.82, 2.24) is 0 Å². The van der Waals surface area contributed by atoms with Gasteiger partial charge in [0.1, 0.15) is 0 Å². The van der Waals surface area contributed by atoms with Crippen LogP contribution < -0.4 is 0 Å². The van der Waals surface area contributed by atoms with E-state index < -0.39 is 21.0 Å². The third-order valence-corrected chi connectivity index (χ3v) is 13.7. The maximum absolute atomic E-state index is 4.71. The number of fused-ring (bicyclic) bond motifs is 3. The summed E-state index contributed by atoms with van der Waals surface area (Å²) in [5.74, 6) is 0. The van der Waals surface area contributed by atoms with Gasteiger partial charge in [-0.2, -0.15) is 0 Å². The summed E-state index contributed by atoms with van der Waals surface area (Å²) in [5.41, 5.74) is 5.93. The second kappa shape index (κ2) is 4.89. The molecule has 2 aromatic carbocycles. The minimum atomic E-state index is -2.03. The first-order valence-corrected chi connectivity index (χ1v) is 13.8. The van der Waals surface area contributed by atoms with E-state index in [-0.39, 0.29) is 0 Å². The molecular formula is C19H16Hf. The first kappa shape index (κ1) is 12.4. The molecule has 0 N–H and O–H groups in total. The van der Waals surface area contributed by atoms with Crippen molar-refractivity contribution in [3.63, 3.8) is 0 Å². The van der Waals surface area contributed by atoms with Crippen LogP contribution >= 0.6 is 0 Å². The molecule has 0 saturated carbocycles. The van der Waals surface area contributed by atoms with Crippen LogP contribution in [0, 0.1) is 0 Å². The molecule has 2 aliphatic carbocycles. The Morgan fingerprint density at radius 3 is 1.80 bits per heavy atom. The maximum atomic E-state index is 4.71. The Morgan fingerprint density at radius 2 is 1.25 bits per heavy atom. The molecule has 2 aliphatic rings. The Kier molecular flexibility index (Phi) is 3.03. The molecule has 20 heavy (non-hydrogen) atoms. The first-order valence-electron chi connectivity index (χ1n) is 7.08. The van der Waals surface area contributed by atoms with Crippen molar-refractivity contribution in [3.8, 4) is 11.1 Å². The third kappa shape index (κ3) is 1.80. The normalized spacial score (nSPS) is 16.4. The average molecular weight is 423 g/mol. The molecule has 0 spiro atoms. The molecule has 0 bridgehead atoms. The second-order valence-corrected chi connectivity index (χ2v) is 14.1. The van der Waals surface area contributed by atoms with E-state index in [1.807, 2.05) is 0 Å². The van der Waals surface area contributed by atoms with Crippen LogP contribution in [0.5, 0.6) is 0 Å². The Labute approximate surface area is 127 Å². The average Bonchev–Trinajstić information content (AvgIpc) is 3.13. The molecule has 0 radical (unpaired) electrons. The topological polar surface area (TPSA) is 0 Å². The van der Waals surface area contributed by atoms with Gasteiger partial charge in [0.05, 0.1) is 0 Å². The van der Waals surface area contributed by atoms with Crippen molar-refractivity contribution in [2.75, 3.05) is 0 Å². The van der Waals surface area contributed by atoms with Crippen LogP contribution in [-0.2, 0) is 21.0 Å². The van der Waals surface area contributed by atoms with Crippen molar-refractivity contribution >= 4 is 4.26 Å². The van der Waals surface area contributed by atoms with E-state index in [9.17, 15) is 0 Å². The number of allylic oxidation sites excluding steroid dienone is 4. The van der Waals surface area contributed by atoms with Crippen LogP contribution in [-0.4, -0.2) is 4.26 Å². The van der Waals surface area contributed by atoms with Crippen LogP contribution in [0.4, 0.5) is 0 Å². The summed E-state index contributed by atoms with van der Waals surface area (Å²) in [6.07, 6.45) is 9.10. The molecular weight excluding hydrogens is 407 g/mol. The van der Waals surface area contributed by atoms with Crippen molar-refractivity contribution in [2.24, 2.45) is 0 Å². The fraction of sp³-hybridized carbons (Fsp3) is 0.105. The summed E-state index contributed by atoms with van der Waals surface area (Å²) in [6.45, 7) is 0. The predicted molar refractivity (Wildman–Crippen MR) is 82.9 cm³/mol. The molecule has 0 saturated heterocycles. The molecule has 1 heteroatoms. The molecule has 0 heterocycles. The number of hydrogen-bond acceptors (Lipinski definition) is 0. The summed E-state index contributed by atoms with van der Waals surface area (Å²) in [7, 11) is 0. The van der Waals surface area contributed by atoms with Gasteiger partial charge >= 0.3 is 128 Å². The van der Waals surface area contributed by atoms with Crippen LogP contribution in [0.15, 0.2) is 72.8 Å². The SMILES string of the molecule is [CH2]=[Hf]([CH]1C=CC=C1)[CH]1c2ccccc2-c2ccccc21. The van der Waals surface area contributed by atoms with Crippen molar-refractivity contribution < 1.29 is 21.0 Å². The van der Waals surface area contributed by atoms with Gasteiger partial charge in [-0.3, -0.25) is 0 Å². The Balaban J connectivity index is 1.89. The monoisotopic (exact) mass is 424 g/mol. The molecule has 0 unspecified atom stereocenters. The van der Waals surface area contributed by atoms with Crippen molar-refractivity contribution in [2.45, 2.75) is 7.35 Å². The van der Waals surface area contributed by atoms with Crippen molar-refractivity contribution in [1.29, 1.82) is 0 Å². The van der Waals surface area contributed by atoms with Gasteiger partial charge in [-0.1, -0.05) is 0 Å². The Morgan fingerprint density at radius 1 is 0.750 bits per heavy atom. The molecule has 0 aliphatic heterocycles. The zero-order chi connectivity index (χ0) is 13.5. The van der Waals surface area contributed by atoms with E-state index in [0.29, 0.717) is 7.35 Å². The zero-order valence-corrected chi connectivity index (χ0v) is 14.9. The molecule has 0 nitrogen and oxygen atoms in total. The quantitative estimate of drug-likeness (QED) is 0.614. The summed E-state index contributed by atoms with van der Waals surface area (Å²) in [6, 6.07) is 17.8. The Hall–Kier alpha value is -1.34. The van der Waals surface area contributed by atoms with E-state index >= 15 is 0 Å². The van der Waals surface area contributed by atoms with Gasteiger partial charge in [0.15, 0.2) is 0 Å². The number of rotatable bonds is 2. The molecule has 4 rings (SSSR count). The van der Waals surface area contributed by atoms with Crippen LogP contribution in [0.2, 0.25) is 3.67 Å². The summed E-state index contributed by atoms with van der Waals surface area (Å²) in [5, 5.41) is 0. The molecule has 96 valence electrons. The zero-order valence-electron chi connectivity index (χ0n) is 11.3. The van der Waals surface area contributed by atoms with Gasteiger partial charge in [0, 0.05) is 0 Å². The van der Waals surface area contributed by atoms with Gasteiger partial charge in [0.2, 0.25) is 0 Å². The predicted octanol–water partition coefficient (Wildman–Crippen LogP) is 4.72. The van der Waals surface area contributed by atoms with Crippen LogP contribution in [0.3, 0.4) is 0 Å². The van der Waals surface area contributed by atoms with E-state index in [1.54, 1.807) is 0 Å².